The number of amides is 1. The van der Waals surface area contributed by atoms with Crippen molar-refractivity contribution in [1.82, 2.24) is 0 Å². The third kappa shape index (κ3) is 5.46. The van der Waals surface area contributed by atoms with Crippen LogP contribution in [-0.2, 0) is 9.53 Å². The number of nitro benzene ring substituents is 1. The van der Waals surface area contributed by atoms with Crippen LogP contribution in [0.3, 0.4) is 0 Å². The highest BCUT2D eigenvalue weighted by atomic mass is 19.3. The lowest BCUT2D eigenvalue weighted by molar-refractivity contribution is -0.385. The number of nitro groups is 1. The van der Waals surface area contributed by atoms with Crippen LogP contribution in [0.1, 0.15) is 15.9 Å². The number of nitrogens with zero attached hydrogens (tertiary/aromatic N) is 1. The molecule has 0 radical (unpaired) electrons. The van der Waals surface area contributed by atoms with Gasteiger partial charge in [-0.15, -0.1) is 0 Å². The van der Waals surface area contributed by atoms with Crippen LogP contribution in [0.5, 0.6) is 5.75 Å². The van der Waals surface area contributed by atoms with Crippen molar-refractivity contribution >= 4 is 23.3 Å². The molecule has 0 heterocycles. The molecule has 8 nitrogen and oxygen atoms in total. The maximum Gasteiger partial charge on any atom is 0.387 e. The summed E-state index contributed by atoms with van der Waals surface area (Å²) in [5.74, 6) is -1.98. The van der Waals surface area contributed by atoms with Crippen LogP contribution >= 0.6 is 0 Å². The number of anilines is 1. The summed E-state index contributed by atoms with van der Waals surface area (Å²) in [6, 6.07) is 9.26. The molecule has 10 heteroatoms. The molecule has 0 saturated carbocycles. The van der Waals surface area contributed by atoms with Gasteiger partial charge in [0.25, 0.3) is 11.6 Å². The molecule has 0 aliphatic heterocycles. The molecule has 0 saturated heterocycles. The predicted molar refractivity (Wildman–Crippen MR) is 89.8 cm³/mol. The molecule has 0 spiro atoms. The predicted octanol–water partition coefficient (Wildman–Crippen LogP) is 3.30. The minimum absolute atomic E-state index is 0.0233. The molecule has 0 aliphatic carbocycles. The van der Waals surface area contributed by atoms with E-state index in [0.717, 1.165) is 6.07 Å². The van der Waals surface area contributed by atoms with Crippen LogP contribution in [0.25, 0.3) is 0 Å². The van der Waals surface area contributed by atoms with Gasteiger partial charge < -0.3 is 14.8 Å². The highest BCUT2D eigenvalue weighted by molar-refractivity contribution is 5.96. The summed E-state index contributed by atoms with van der Waals surface area (Å²) in [4.78, 5) is 34.1. The molecule has 2 aromatic carbocycles. The summed E-state index contributed by atoms with van der Waals surface area (Å²) in [6.45, 7) is -2.28. The topological polar surface area (TPSA) is 108 Å². The van der Waals surface area contributed by atoms with E-state index in [1.54, 1.807) is 0 Å². The Balaban J connectivity index is 1.99. The van der Waals surface area contributed by atoms with Crippen molar-refractivity contribution in [2.75, 3.05) is 11.9 Å². The number of hydrogen-bond donors (Lipinski definition) is 1. The van der Waals surface area contributed by atoms with Gasteiger partial charge in [-0.3, -0.25) is 14.9 Å². The SMILES string of the molecule is Cc1ccc(C(=O)OCC(=O)Nc2ccccc2OC(F)F)cc1[N+](=O)[O-]. The summed E-state index contributed by atoms with van der Waals surface area (Å²) >= 11 is 0. The van der Waals surface area contributed by atoms with Crippen molar-refractivity contribution in [1.29, 1.82) is 0 Å². The smallest absolute Gasteiger partial charge is 0.387 e. The summed E-state index contributed by atoms with van der Waals surface area (Å²) in [6.07, 6.45) is 0. The lowest BCUT2D eigenvalue weighted by Crippen LogP contribution is -2.21. The molecular weight excluding hydrogens is 366 g/mol. The van der Waals surface area contributed by atoms with Crippen molar-refractivity contribution in [2.24, 2.45) is 0 Å². The van der Waals surface area contributed by atoms with Crippen molar-refractivity contribution in [3.05, 3.63) is 63.7 Å². The molecule has 2 aromatic rings. The normalized spacial score (nSPS) is 10.4. The minimum atomic E-state index is -3.07. The van der Waals surface area contributed by atoms with E-state index in [9.17, 15) is 28.5 Å². The van der Waals surface area contributed by atoms with Gasteiger partial charge in [-0.1, -0.05) is 18.2 Å². The molecule has 2 rings (SSSR count). The van der Waals surface area contributed by atoms with E-state index in [4.69, 9.17) is 4.74 Å². The van der Waals surface area contributed by atoms with Crippen LogP contribution in [-0.4, -0.2) is 30.0 Å². The Kier molecular flexibility index (Phi) is 6.36. The van der Waals surface area contributed by atoms with Gasteiger partial charge in [0.2, 0.25) is 0 Å². The Morgan fingerprint density at radius 3 is 2.59 bits per heavy atom. The molecule has 0 atom stereocenters. The van der Waals surface area contributed by atoms with Crippen LogP contribution in [0.15, 0.2) is 42.5 Å². The first-order valence-electron chi connectivity index (χ1n) is 7.54. The summed E-state index contributed by atoms with van der Waals surface area (Å²) < 4.78 is 33.8. The number of aryl methyl sites for hydroxylation is 1. The Bertz CT molecular complexity index is 872. The van der Waals surface area contributed by atoms with E-state index in [0.29, 0.717) is 5.56 Å². The van der Waals surface area contributed by atoms with E-state index in [2.05, 4.69) is 10.1 Å². The van der Waals surface area contributed by atoms with E-state index in [1.807, 2.05) is 0 Å². The fourth-order valence-electron chi connectivity index (χ4n) is 2.10. The van der Waals surface area contributed by atoms with E-state index in [1.165, 1.54) is 43.3 Å². The van der Waals surface area contributed by atoms with Gasteiger partial charge in [0.05, 0.1) is 16.2 Å². The fourth-order valence-corrected chi connectivity index (χ4v) is 2.10. The highest BCUT2D eigenvalue weighted by Crippen LogP contribution is 2.25. The number of alkyl halides is 2. The molecule has 27 heavy (non-hydrogen) atoms. The largest absolute Gasteiger partial charge is 0.452 e. The number of para-hydroxylation sites is 2. The molecule has 1 amide bonds. The molecule has 142 valence electrons. The summed E-state index contributed by atoms with van der Waals surface area (Å²) in [5, 5.41) is 13.2. The Morgan fingerprint density at radius 2 is 1.93 bits per heavy atom. The number of nitrogens with one attached hydrogen (secondary N) is 1. The minimum Gasteiger partial charge on any atom is -0.452 e. The average Bonchev–Trinajstić information content (AvgIpc) is 2.61. The van der Waals surface area contributed by atoms with E-state index >= 15 is 0 Å². The van der Waals surface area contributed by atoms with Crippen LogP contribution < -0.4 is 10.1 Å². The second kappa shape index (κ2) is 8.70. The van der Waals surface area contributed by atoms with Gasteiger partial charge in [0.1, 0.15) is 5.75 Å². The molecule has 0 fully saturated rings. The number of carbonyl (C=O) groups is 2. The first kappa shape index (κ1) is 19.8. The molecule has 0 aliphatic rings. The maximum atomic E-state index is 12.3. The van der Waals surface area contributed by atoms with Gasteiger partial charge in [-0.2, -0.15) is 8.78 Å². The Labute approximate surface area is 151 Å². The molecule has 0 bridgehead atoms. The second-order valence-electron chi connectivity index (χ2n) is 5.26. The first-order chi connectivity index (χ1) is 12.8. The van der Waals surface area contributed by atoms with Gasteiger partial charge in [-0.05, 0) is 25.1 Å². The van der Waals surface area contributed by atoms with E-state index in [-0.39, 0.29) is 22.7 Å². The second-order valence-corrected chi connectivity index (χ2v) is 5.26. The molecule has 0 unspecified atom stereocenters. The number of esters is 1. The van der Waals surface area contributed by atoms with Crippen molar-refractivity contribution < 1.29 is 32.8 Å². The van der Waals surface area contributed by atoms with Crippen molar-refractivity contribution in [3.63, 3.8) is 0 Å². The van der Waals surface area contributed by atoms with Gasteiger partial charge in [0, 0.05) is 11.6 Å². The van der Waals surface area contributed by atoms with Crippen LogP contribution in [0.4, 0.5) is 20.2 Å². The van der Waals surface area contributed by atoms with Crippen molar-refractivity contribution in [3.8, 4) is 5.75 Å². The quantitative estimate of drug-likeness (QED) is 0.449. The number of rotatable bonds is 7. The summed E-state index contributed by atoms with van der Waals surface area (Å²) in [7, 11) is 0. The lowest BCUT2D eigenvalue weighted by atomic mass is 10.1. The maximum absolute atomic E-state index is 12.3. The number of hydrogen-bond acceptors (Lipinski definition) is 6. The third-order valence-corrected chi connectivity index (χ3v) is 3.35. The standard InChI is InChI=1S/C17H14F2N2O6/c1-10-6-7-11(8-13(10)21(24)25)16(23)26-9-15(22)20-12-4-2-3-5-14(12)27-17(18)19/h2-8,17H,9H2,1H3,(H,20,22). The zero-order valence-electron chi connectivity index (χ0n) is 14.0. The van der Waals surface area contributed by atoms with Crippen LogP contribution in [0.2, 0.25) is 0 Å². The van der Waals surface area contributed by atoms with Crippen LogP contribution in [0, 0.1) is 17.0 Å². The zero-order chi connectivity index (χ0) is 20.0. The van der Waals surface area contributed by atoms with Gasteiger partial charge >= 0.3 is 12.6 Å². The Hall–Kier alpha value is -3.56. The van der Waals surface area contributed by atoms with Gasteiger partial charge in [-0.25, -0.2) is 4.79 Å². The van der Waals surface area contributed by atoms with Gasteiger partial charge in [0.15, 0.2) is 6.61 Å². The average molecular weight is 380 g/mol. The lowest BCUT2D eigenvalue weighted by Gasteiger charge is -2.11. The monoisotopic (exact) mass is 380 g/mol. The fraction of sp³-hybridized carbons (Fsp3) is 0.176. The summed E-state index contributed by atoms with van der Waals surface area (Å²) in [5.41, 5.74) is -0.0109. The molecule has 1 N–H and O–H groups in total. The molecule has 0 aromatic heterocycles. The van der Waals surface area contributed by atoms with E-state index < -0.39 is 30.0 Å². The molecular formula is C17H14F2N2O6. The highest BCUT2D eigenvalue weighted by Gasteiger charge is 2.17. The zero-order valence-corrected chi connectivity index (χ0v) is 14.0. The first-order valence-corrected chi connectivity index (χ1v) is 7.54. The Morgan fingerprint density at radius 1 is 1.22 bits per heavy atom. The number of benzene rings is 2. The number of halogens is 2. The third-order valence-electron chi connectivity index (χ3n) is 3.35. The van der Waals surface area contributed by atoms with Crippen molar-refractivity contribution in [2.45, 2.75) is 13.5 Å². The number of ether oxygens (including phenoxy) is 2. The number of carbonyl (C=O) groups excluding carboxylic acids is 2.